The molecular formula is C11H15NO5S. The number of aliphatic carboxylic acids is 1. The van der Waals surface area contributed by atoms with Crippen LogP contribution in [-0.2, 0) is 26.0 Å². The summed E-state index contributed by atoms with van der Waals surface area (Å²) in [5.41, 5.74) is 0.554. The van der Waals surface area contributed by atoms with Crippen molar-refractivity contribution in [1.82, 2.24) is 4.72 Å². The van der Waals surface area contributed by atoms with Gasteiger partial charge < -0.3 is 9.84 Å². The van der Waals surface area contributed by atoms with Gasteiger partial charge in [-0.1, -0.05) is 12.1 Å². The summed E-state index contributed by atoms with van der Waals surface area (Å²) in [6, 6.07) is 5.73. The number of carboxylic acids is 1. The summed E-state index contributed by atoms with van der Waals surface area (Å²) in [7, 11) is -2.07. The number of rotatable bonds is 7. The molecular weight excluding hydrogens is 258 g/mol. The minimum absolute atomic E-state index is 0.104. The summed E-state index contributed by atoms with van der Waals surface area (Å²) in [6.07, 6.45) is -0.128. The molecule has 1 rings (SSSR count). The molecule has 0 saturated carbocycles. The number of hydrogen-bond donors (Lipinski definition) is 2. The quantitative estimate of drug-likeness (QED) is 0.694. The van der Waals surface area contributed by atoms with Crippen molar-refractivity contribution in [1.29, 1.82) is 0 Å². The van der Waals surface area contributed by atoms with Crippen molar-refractivity contribution in [3.05, 3.63) is 29.8 Å². The van der Waals surface area contributed by atoms with Crippen molar-refractivity contribution >= 4 is 16.0 Å². The summed E-state index contributed by atoms with van der Waals surface area (Å²) in [4.78, 5) is 10.6. The van der Waals surface area contributed by atoms with Crippen LogP contribution in [0.4, 0.5) is 0 Å². The van der Waals surface area contributed by atoms with Crippen molar-refractivity contribution < 1.29 is 23.1 Å². The Bertz CT molecular complexity index is 495. The third-order valence-electron chi connectivity index (χ3n) is 2.19. The molecule has 0 aliphatic carbocycles. The Morgan fingerprint density at radius 1 is 1.33 bits per heavy atom. The second-order valence-corrected chi connectivity index (χ2v) is 5.37. The zero-order valence-corrected chi connectivity index (χ0v) is 10.7. The third kappa shape index (κ3) is 4.44. The van der Waals surface area contributed by atoms with Crippen molar-refractivity contribution in [3.63, 3.8) is 0 Å². The maximum atomic E-state index is 11.8. The highest BCUT2D eigenvalue weighted by molar-refractivity contribution is 7.89. The largest absolute Gasteiger partial charge is 0.481 e. The lowest BCUT2D eigenvalue weighted by Crippen LogP contribution is -2.27. The summed E-state index contributed by atoms with van der Waals surface area (Å²) in [5, 5.41) is 8.59. The van der Waals surface area contributed by atoms with Gasteiger partial charge in [0.15, 0.2) is 0 Å². The predicted octanol–water partition coefficient (Wildman–Crippen LogP) is 0.238. The molecule has 0 spiro atoms. The van der Waals surface area contributed by atoms with Gasteiger partial charge in [-0.25, -0.2) is 13.1 Å². The molecule has 0 heterocycles. The molecule has 2 N–H and O–H groups in total. The van der Waals surface area contributed by atoms with Crippen LogP contribution < -0.4 is 4.72 Å². The molecule has 0 aromatic heterocycles. The van der Waals surface area contributed by atoms with Gasteiger partial charge in [-0.15, -0.1) is 0 Å². The molecule has 0 unspecified atom stereocenters. The molecule has 0 aliphatic rings. The third-order valence-corrected chi connectivity index (χ3v) is 3.66. The van der Waals surface area contributed by atoms with Gasteiger partial charge in [-0.2, -0.15) is 0 Å². The highest BCUT2D eigenvalue weighted by Gasteiger charge is 2.13. The van der Waals surface area contributed by atoms with Crippen LogP contribution in [0.3, 0.4) is 0 Å². The van der Waals surface area contributed by atoms with Crippen LogP contribution in [0.25, 0.3) is 0 Å². The fourth-order valence-corrected chi connectivity index (χ4v) is 2.34. The first-order chi connectivity index (χ1) is 8.45. The topological polar surface area (TPSA) is 92.7 Å². The molecule has 18 heavy (non-hydrogen) atoms. The van der Waals surface area contributed by atoms with Crippen LogP contribution in [0.15, 0.2) is 29.2 Å². The van der Waals surface area contributed by atoms with Crippen LogP contribution in [0.5, 0.6) is 0 Å². The Morgan fingerprint density at radius 2 is 1.94 bits per heavy atom. The van der Waals surface area contributed by atoms with E-state index in [9.17, 15) is 13.2 Å². The van der Waals surface area contributed by atoms with Gasteiger partial charge in [-0.05, 0) is 17.7 Å². The summed E-state index contributed by atoms with van der Waals surface area (Å²) >= 11 is 0. The van der Waals surface area contributed by atoms with Gasteiger partial charge in [0.05, 0.1) is 17.9 Å². The fraction of sp³-hybridized carbons (Fsp3) is 0.364. The first-order valence-electron chi connectivity index (χ1n) is 5.25. The molecule has 6 nitrogen and oxygen atoms in total. The van der Waals surface area contributed by atoms with E-state index in [1.807, 2.05) is 0 Å². The van der Waals surface area contributed by atoms with Gasteiger partial charge in [-0.3, -0.25) is 4.79 Å². The lowest BCUT2D eigenvalue weighted by molar-refractivity contribution is -0.136. The second-order valence-electron chi connectivity index (χ2n) is 3.61. The standard InChI is InChI=1S/C11H15NO5S/c1-17-7-6-12-18(15,16)10-4-2-9(3-5-10)8-11(13)14/h2-5,12H,6-8H2,1H3,(H,13,14). The van der Waals surface area contributed by atoms with Crippen LogP contribution >= 0.6 is 0 Å². The van der Waals surface area contributed by atoms with E-state index < -0.39 is 16.0 Å². The number of sulfonamides is 1. The van der Waals surface area contributed by atoms with E-state index in [4.69, 9.17) is 9.84 Å². The minimum atomic E-state index is -3.56. The fourth-order valence-electron chi connectivity index (χ4n) is 1.32. The van der Waals surface area contributed by atoms with Gasteiger partial charge in [0.2, 0.25) is 10.0 Å². The monoisotopic (exact) mass is 273 g/mol. The molecule has 1 aromatic carbocycles. The van der Waals surface area contributed by atoms with Crippen molar-refractivity contribution in [2.24, 2.45) is 0 Å². The molecule has 7 heteroatoms. The Kier molecular flexibility index (Phi) is 5.26. The van der Waals surface area contributed by atoms with Gasteiger partial charge in [0.1, 0.15) is 0 Å². The second kappa shape index (κ2) is 6.48. The molecule has 0 amide bonds. The van der Waals surface area contributed by atoms with E-state index in [0.717, 1.165) is 0 Å². The SMILES string of the molecule is COCCNS(=O)(=O)c1ccc(CC(=O)O)cc1. The average Bonchev–Trinajstić information content (AvgIpc) is 2.29. The predicted molar refractivity (Wildman–Crippen MR) is 64.8 cm³/mol. The Labute approximate surface area is 106 Å². The summed E-state index contributed by atoms with van der Waals surface area (Å²) in [5.74, 6) is -0.955. The van der Waals surface area contributed by atoms with E-state index >= 15 is 0 Å². The molecule has 0 atom stereocenters. The van der Waals surface area contributed by atoms with Crippen molar-refractivity contribution in [2.45, 2.75) is 11.3 Å². The lowest BCUT2D eigenvalue weighted by Gasteiger charge is -2.06. The van der Waals surface area contributed by atoms with Crippen LogP contribution in [0.2, 0.25) is 0 Å². The van der Waals surface area contributed by atoms with E-state index in [-0.39, 0.29) is 24.5 Å². The number of carbonyl (C=O) groups is 1. The maximum Gasteiger partial charge on any atom is 0.307 e. The van der Waals surface area contributed by atoms with E-state index in [1.165, 1.54) is 31.4 Å². The number of hydrogen-bond acceptors (Lipinski definition) is 4. The van der Waals surface area contributed by atoms with Crippen LogP contribution in [-0.4, -0.2) is 39.8 Å². The normalized spacial score (nSPS) is 11.4. The van der Waals surface area contributed by atoms with Gasteiger partial charge in [0, 0.05) is 13.7 Å². The zero-order chi connectivity index (χ0) is 13.6. The average molecular weight is 273 g/mol. The summed E-state index contributed by atoms with van der Waals surface area (Å²) < 4.78 is 30.6. The van der Waals surface area contributed by atoms with Crippen molar-refractivity contribution in [2.75, 3.05) is 20.3 Å². The molecule has 0 aliphatic heterocycles. The molecule has 100 valence electrons. The van der Waals surface area contributed by atoms with E-state index in [0.29, 0.717) is 5.56 Å². The number of methoxy groups -OCH3 is 1. The van der Waals surface area contributed by atoms with Crippen LogP contribution in [0, 0.1) is 0 Å². The molecule has 0 fully saturated rings. The number of nitrogens with one attached hydrogen (secondary N) is 1. The van der Waals surface area contributed by atoms with Gasteiger partial charge in [0.25, 0.3) is 0 Å². The molecule has 0 radical (unpaired) electrons. The Morgan fingerprint density at radius 3 is 2.44 bits per heavy atom. The maximum absolute atomic E-state index is 11.8. The number of ether oxygens (including phenoxy) is 1. The summed E-state index contributed by atoms with van der Waals surface area (Å²) in [6.45, 7) is 0.478. The Hall–Kier alpha value is -1.44. The highest BCUT2D eigenvalue weighted by atomic mass is 32.2. The number of benzene rings is 1. The smallest absolute Gasteiger partial charge is 0.307 e. The molecule has 0 bridgehead atoms. The number of carboxylic acid groups (broad SMARTS) is 1. The lowest BCUT2D eigenvalue weighted by atomic mass is 10.2. The first-order valence-corrected chi connectivity index (χ1v) is 6.73. The molecule has 1 aromatic rings. The minimum Gasteiger partial charge on any atom is -0.481 e. The highest BCUT2D eigenvalue weighted by Crippen LogP contribution is 2.10. The zero-order valence-electron chi connectivity index (χ0n) is 9.92. The van der Waals surface area contributed by atoms with E-state index in [2.05, 4.69) is 4.72 Å². The van der Waals surface area contributed by atoms with E-state index in [1.54, 1.807) is 0 Å². The Balaban J connectivity index is 2.74. The van der Waals surface area contributed by atoms with Gasteiger partial charge >= 0.3 is 5.97 Å². The first kappa shape index (κ1) is 14.6. The van der Waals surface area contributed by atoms with Crippen molar-refractivity contribution in [3.8, 4) is 0 Å². The van der Waals surface area contributed by atoms with Crippen LogP contribution in [0.1, 0.15) is 5.56 Å². The molecule has 0 saturated heterocycles.